The maximum atomic E-state index is 12.7. The second kappa shape index (κ2) is 5.93. The van der Waals surface area contributed by atoms with Gasteiger partial charge in [0.05, 0.1) is 14.2 Å². The first-order chi connectivity index (χ1) is 10.2. The lowest BCUT2D eigenvalue weighted by Crippen LogP contribution is -2.41. The topological polar surface area (TPSA) is 50.8 Å². The van der Waals surface area contributed by atoms with E-state index in [1.807, 2.05) is 4.90 Å². The van der Waals surface area contributed by atoms with E-state index in [2.05, 4.69) is 5.32 Å². The highest BCUT2D eigenvalue weighted by Crippen LogP contribution is 2.28. The summed E-state index contributed by atoms with van der Waals surface area (Å²) in [4.78, 5) is 14.7. The lowest BCUT2D eigenvalue weighted by Gasteiger charge is -2.24. The fourth-order valence-corrected chi connectivity index (χ4v) is 3.33. The van der Waals surface area contributed by atoms with Crippen molar-refractivity contribution in [3.05, 3.63) is 23.8 Å². The summed E-state index contributed by atoms with van der Waals surface area (Å²) < 4.78 is 10.5. The summed E-state index contributed by atoms with van der Waals surface area (Å²) in [5.74, 6) is 1.94. The highest BCUT2D eigenvalue weighted by molar-refractivity contribution is 5.95. The van der Waals surface area contributed by atoms with E-state index in [1.54, 1.807) is 32.4 Å². The van der Waals surface area contributed by atoms with E-state index >= 15 is 0 Å². The second-order valence-corrected chi connectivity index (χ2v) is 5.77. The van der Waals surface area contributed by atoms with Gasteiger partial charge in [-0.2, -0.15) is 0 Å². The molecule has 1 aromatic rings. The fourth-order valence-electron chi connectivity index (χ4n) is 3.33. The van der Waals surface area contributed by atoms with E-state index < -0.39 is 0 Å². The van der Waals surface area contributed by atoms with Crippen LogP contribution in [0.1, 0.15) is 23.2 Å². The van der Waals surface area contributed by atoms with E-state index in [1.165, 1.54) is 12.8 Å². The molecule has 1 amide bonds. The molecule has 0 bridgehead atoms. The summed E-state index contributed by atoms with van der Waals surface area (Å²) in [6, 6.07) is 5.79. The third-order valence-corrected chi connectivity index (χ3v) is 4.48. The van der Waals surface area contributed by atoms with Crippen LogP contribution in [-0.2, 0) is 0 Å². The van der Waals surface area contributed by atoms with Crippen molar-refractivity contribution in [3.8, 4) is 11.5 Å². The Morgan fingerprint density at radius 3 is 2.52 bits per heavy atom. The molecule has 0 saturated carbocycles. The summed E-state index contributed by atoms with van der Waals surface area (Å²) in [6.45, 7) is 2.70. The number of piperidine rings is 1. The van der Waals surface area contributed by atoms with Gasteiger partial charge in [0.15, 0.2) is 0 Å². The molecule has 0 aromatic heterocycles. The Hall–Kier alpha value is -1.75. The molecule has 5 heteroatoms. The summed E-state index contributed by atoms with van der Waals surface area (Å²) in [5.41, 5.74) is 0.629. The number of fused-ring (bicyclic) bond motifs is 1. The predicted octanol–water partition coefficient (Wildman–Crippen LogP) is 1.53. The van der Waals surface area contributed by atoms with Gasteiger partial charge in [0, 0.05) is 30.8 Å². The number of benzene rings is 1. The number of carbonyl (C=O) groups excluding carboxylic acids is 1. The number of nitrogens with zero attached hydrogens (tertiary/aromatic N) is 1. The van der Waals surface area contributed by atoms with Crippen molar-refractivity contribution in [1.29, 1.82) is 0 Å². The minimum Gasteiger partial charge on any atom is -0.497 e. The molecule has 1 N–H and O–H groups in total. The fraction of sp³-hybridized carbons (Fsp3) is 0.562. The number of ether oxygens (including phenoxy) is 2. The summed E-state index contributed by atoms with van der Waals surface area (Å²) >= 11 is 0. The van der Waals surface area contributed by atoms with Gasteiger partial charge >= 0.3 is 0 Å². The molecule has 114 valence electrons. The van der Waals surface area contributed by atoms with Gasteiger partial charge < -0.3 is 19.7 Å². The first-order valence-corrected chi connectivity index (χ1v) is 7.47. The minimum absolute atomic E-state index is 0.0587. The quantitative estimate of drug-likeness (QED) is 0.917. The number of likely N-dealkylation sites (tertiary alicyclic amines) is 1. The van der Waals surface area contributed by atoms with Gasteiger partial charge in [-0.3, -0.25) is 4.79 Å². The third-order valence-electron chi connectivity index (χ3n) is 4.48. The highest BCUT2D eigenvalue weighted by atomic mass is 16.5. The number of nitrogens with one attached hydrogen (secondary N) is 1. The van der Waals surface area contributed by atoms with E-state index in [0.29, 0.717) is 29.0 Å². The summed E-state index contributed by atoms with van der Waals surface area (Å²) in [6.07, 6.45) is 2.42. The average Bonchev–Trinajstić information content (AvgIpc) is 2.97. The molecule has 0 radical (unpaired) electrons. The highest BCUT2D eigenvalue weighted by Gasteiger charge is 2.36. The SMILES string of the molecule is COc1cc(OC)cc(C(=O)N2C[C@@H]3CCCN[C@@H]3C2)c1. The number of rotatable bonds is 3. The summed E-state index contributed by atoms with van der Waals surface area (Å²) in [5, 5.41) is 3.52. The van der Waals surface area contributed by atoms with E-state index in [9.17, 15) is 4.79 Å². The second-order valence-electron chi connectivity index (χ2n) is 5.77. The van der Waals surface area contributed by atoms with Gasteiger partial charge in [-0.25, -0.2) is 0 Å². The molecule has 3 rings (SSSR count). The largest absolute Gasteiger partial charge is 0.497 e. The Kier molecular flexibility index (Phi) is 4.01. The van der Waals surface area contributed by atoms with Crippen molar-refractivity contribution >= 4 is 5.91 Å². The first kappa shape index (κ1) is 14.2. The molecule has 2 fully saturated rings. The zero-order valence-electron chi connectivity index (χ0n) is 12.6. The van der Waals surface area contributed by atoms with Crippen molar-refractivity contribution < 1.29 is 14.3 Å². The van der Waals surface area contributed by atoms with Crippen LogP contribution in [0.15, 0.2) is 18.2 Å². The van der Waals surface area contributed by atoms with Gasteiger partial charge in [-0.1, -0.05) is 0 Å². The van der Waals surface area contributed by atoms with Crippen LogP contribution in [0.2, 0.25) is 0 Å². The smallest absolute Gasteiger partial charge is 0.254 e. The number of hydrogen-bond donors (Lipinski definition) is 1. The molecule has 1 aromatic carbocycles. The number of carbonyl (C=O) groups is 1. The zero-order valence-corrected chi connectivity index (χ0v) is 12.6. The first-order valence-electron chi connectivity index (χ1n) is 7.47. The number of methoxy groups -OCH3 is 2. The minimum atomic E-state index is 0.0587. The van der Waals surface area contributed by atoms with Crippen LogP contribution in [-0.4, -0.2) is 50.7 Å². The molecular weight excluding hydrogens is 268 g/mol. The van der Waals surface area contributed by atoms with Crippen LogP contribution in [0.25, 0.3) is 0 Å². The van der Waals surface area contributed by atoms with Crippen molar-refractivity contribution in [2.24, 2.45) is 5.92 Å². The Labute approximate surface area is 125 Å². The third kappa shape index (κ3) is 2.83. The molecule has 21 heavy (non-hydrogen) atoms. The average molecular weight is 290 g/mol. The standard InChI is InChI=1S/C16H22N2O3/c1-20-13-6-12(7-14(8-13)21-2)16(19)18-9-11-4-3-5-17-15(11)10-18/h6-8,11,15,17H,3-5,9-10H2,1-2H3/t11-,15+/m0/s1. The molecule has 0 unspecified atom stereocenters. The zero-order chi connectivity index (χ0) is 14.8. The van der Waals surface area contributed by atoms with Crippen molar-refractivity contribution in [2.75, 3.05) is 33.9 Å². The molecule has 2 saturated heterocycles. The molecule has 2 aliphatic heterocycles. The van der Waals surface area contributed by atoms with Crippen LogP contribution < -0.4 is 14.8 Å². The van der Waals surface area contributed by atoms with Gasteiger partial charge in [-0.05, 0) is 37.4 Å². The van der Waals surface area contributed by atoms with E-state index in [-0.39, 0.29) is 5.91 Å². The Balaban J connectivity index is 1.79. The maximum absolute atomic E-state index is 12.7. The molecule has 2 aliphatic rings. The number of amides is 1. The van der Waals surface area contributed by atoms with Gasteiger partial charge in [0.2, 0.25) is 0 Å². The van der Waals surface area contributed by atoms with Crippen LogP contribution in [0.5, 0.6) is 11.5 Å². The Bertz CT molecular complexity index is 496. The van der Waals surface area contributed by atoms with Crippen LogP contribution >= 0.6 is 0 Å². The monoisotopic (exact) mass is 290 g/mol. The lowest BCUT2D eigenvalue weighted by molar-refractivity contribution is 0.0785. The molecule has 0 spiro atoms. The Morgan fingerprint density at radius 2 is 1.90 bits per heavy atom. The number of hydrogen-bond acceptors (Lipinski definition) is 4. The van der Waals surface area contributed by atoms with E-state index in [0.717, 1.165) is 19.6 Å². The van der Waals surface area contributed by atoms with Gasteiger partial charge in [0.25, 0.3) is 5.91 Å². The van der Waals surface area contributed by atoms with Crippen LogP contribution in [0.3, 0.4) is 0 Å². The van der Waals surface area contributed by atoms with Crippen molar-refractivity contribution in [3.63, 3.8) is 0 Å². The van der Waals surface area contributed by atoms with Crippen molar-refractivity contribution in [2.45, 2.75) is 18.9 Å². The normalized spacial score (nSPS) is 24.6. The predicted molar refractivity (Wildman–Crippen MR) is 80.0 cm³/mol. The molecule has 5 nitrogen and oxygen atoms in total. The lowest BCUT2D eigenvalue weighted by atomic mass is 9.94. The molecule has 0 aliphatic carbocycles. The Morgan fingerprint density at radius 1 is 1.19 bits per heavy atom. The van der Waals surface area contributed by atoms with Gasteiger partial charge in [-0.15, -0.1) is 0 Å². The van der Waals surface area contributed by atoms with Crippen LogP contribution in [0, 0.1) is 5.92 Å². The van der Waals surface area contributed by atoms with E-state index in [4.69, 9.17) is 9.47 Å². The summed E-state index contributed by atoms with van der Waals surface area (Å²) in [7, 11) is 3.19. The maximum Gasteiger partial charge on any atom is 0.254 e. The van der Waals surface area contributed by atoms with Gasteiger partial charge in [0.1, 0.15) is 11.5 Å². The van der Waals surface area contributed by atoms with Crippen LogP contribution in [0.4, 0.5) is 0 Å². The van der Waals surface area contributed by atoms with Crippen molar-refractivity contribution in [1.82, 2.24) is 10.2 Å². The molecule has 2 heterocycles. The molecule has 2 atom stereocenters. The molecular formula is C16H22N2O3.